The first kappa shape index (κ1) is 15.3. The zero-order chi connectivity index (χ0) is 14.5. The van der Waals surface area contributed by atoms with Gasteiger partial charge in [0.1, 0.15) is 0 Å². The molecule has 3 aliphatic rings. The van der Waals surface area contributed by atoms with E-state index in [4.69, 9.17) is 0 Å². The molecule has 120 valence electrons. The molecule has 1 N–H and O–H groups in total. The summed E-state index contributed by atoms with van der Waals surface area (Å²) in [5.74, 6) is 1.61. The molecule has 1 aliphatic carbocycles. The number of rotatable bonds is 2. The van der Waals surface area contributed by atoms with Crippen LogP contribution in [0.1, 0.15) is 70.6 Å². The van der Waals surface area contributed by atoms with Crippen molar-refractivity contribution in [3.63, 3.8) is 0 Å². The normalized spacial score (nSPS) is 30.1. The Labute approximate surface area is 129 Å². The van der Waals surface area contributed by atoms with E-state index in [1.165, 1.54) is 57.8 Å². The molecule has 3 heteroatoms. The number of nitrogens with one attached hydrogen (secondary N) is 1. The van der Waals surface area contributed by atoms with Crippen LogP contribution in [0.4, 0.5) is 0 Å². The number of nitrogens with zero attached hydrogens (tertiary/aromatic N) is 1. The standard InChI is InChI=1S/C18H32N2O/c21-18(16-7-4-2-1-3-5-8-16)20-14-6-9-17(20)15-10-12-19-13-11-15/h15-17,19H,1-14H2. The monoisotopic (exact) mass is 292 g/mol. The van der Waals surface area contributed by atoms with Gasteiger partial charge >= 0.3 is 0 Å². The van der Waals surface area contributed by atoms with E-state index in [9.17, 15) is 4.79 Å². The Morgan fingerprint density at radius 2 is 1.48 bits per heavy atom. The number of hydrogen-bond donors (Lipinski definition) is 1. The number of piperidine rings is 1. The van der Waals surface area contributed by atoms with Crippen molar-refractivity contribution in [3.05, 3.63) is 0 Å². The van der Waals surface area contributed by atoms with Crippen molar-refractivity contribution >= 4 is 5.91 Å². The summed E-state index contributed by atoms with van der Waals surface area (Å²) in [5.41, 5.74) is 0. The van der Waals surface area contributed by atoms with Crippen molar-refractivity contribution in [1.29, 1.82) is 0 Å². The average molecular weight is 292 g/mol. The Balaban J connectivity index is 1.61. The molecule has 1 atom stereocenters. The second-order valence-electron chi connectivity index (χ2n) is 7.37. The SMILES string of the molecule is O=C(C1CCCCCCC1)N1CCCC1C1CCNCC1. The van der Waals surface area contributed by atoms with E-state index in [-0.39, 0.29) is 0 Å². The van der Waals surface area contributed by atoms with Crippen molar-refractivity contribution in [1.82, 2.24) is 10.2 Å². The molecule has 1 unspecified atom stereocenters. The summed E-state index contributed by atoms with van der Waals surface area (Å²) < 4.78 is 0. The minimum atomic E-state index is 0.340. The van der Waals surface area contributed by atoms with Crippen molar-refractivity contribution in [2.75, 3.05) is 19.6 Å². The molecule has 2 saturated heterocycles. The van der Waals surface area contributed by atoms with Crippen LogP contribution in [0.2, 0.25) is 0 Å². The summed E-state index contributed by atoms with van der Waals surface area (Å²) in [6.07, 6.45) is 13.9. The fourth-order valence-corrected chi connectivity index (χ4v) is 4.72. The second kappa shape index (κ2) is 7.62. The molecule has 3 fully saturated rings. The molecule has 21 heavy (non-hydrogen) atoms. The fraction of sp³-hybridized carbons (Fsp3) is 0.944. The molecule has 0 aromatic carbocycles. The third-order valence-corrected chi connectivity index (χ3v) is 5.96. The largest absolute Gasteiger partial charge is 0.339 e. The van der Waals surface area contributed by atoms with Crippen LogP contribution in [0, 0.1) is 11.8 Å². The van der Waals surface area contributed by atoms with Crippen molar-refractivity contribution in [2.45, 2.75) is 76.7 Å². The number of carbonyl (C=O) groups excluding carboxylic acids is 1. The van der Waals surface area contributed by atoms with Crippen molar-refractivity contribution in [3.8, 4) is 0 Å². The predicted octanol–water partition coefficient (Wildman–Crippen LogP) is 3.34. The number of carbonyl (C=O) groups is 1. The minimum Gasteiger partial charge on any atom is -0.339 e. The first-order chi connectivity index (χ1) is 10.4. The third kappa shape index (κ3) is 3.80. The van der Waals surface area contributed by atoms with Gasteiger partial charge in [-0.1, -0.05) is 32.1 Å². The van der Waals surface area contributed by atoms with Crippen LogP contribution in [-0.4, -0.2) is 36.5 Å². The third-order valence-electron chi connectivity index (χ3n) is 5.96. The lowest BCUT2D eigenvalue weighted by Gasteiger charge is -2.36. The van der Waals surface area contributed by atoms with E-state index in [1.807, 2.05) is 0 Å². The van der Waals surface area contributed by atoms with E-state index in [2.05, 4.69) is 10.2 Å². The van der Waals surface area contributed by atoms with E-state index >= 15 is 0 Å². The highest BCUT2D eigenvalue weighted by atomic mass is 16.2. The molecule has 0 bridgehead atoms. The van der Waals surface area contributed by atoms with Gasteiger partial charge in [-0.2, -0.15) is 0 Å². The molecular weight excluding hydrogens is 260 g/mol. The lowest BCUT2D eigenvalue weighted by molar-refractivity contribution is -0.138. The highest BCUT2D eigenvalue weighted by molar-refractivity contribution is 5.79. The predicted molar refractivity (Wildman–Crippen MR) is 86.1 cm³/mol. The van der Waals surface area contributed by atoms with Crippen LogP contribution in [0.5, 0.6) is 0 Å². The van der Waals surface area contributed by atoms with Crippen LogP contribution in [0.25, 0.3) is 0 Å². The Morgan fingerprint density at radius 1 is 0.810 bits per heavy atom. The molecule has 2 aliphatic heterocycles. The van der Waals surface area contributed by atoms with Crippen molar-refractivity contribution < 1.29 is 4.79 Å². The summed E-state index contributed by atoms with van der Waals surface area (Å²) in [6.45, 7) is 3.32. The van der Waals surface area contributed by atoms with Gasteiger partial charge in [-0.3, -0.25) is 4.79 Å². The van der Waals surface area contributed by atoms with Crippen LogP contribution in [0.3, 0.4) is 0 Å². The summed E-state index contributed by atoms with van der Waals surface area (Å²) in [6, 6.07) is 0.560. The van der Waals surface area contributed by atoms with Gasteiger partial charge < -0.3 is 10.2 Å². The van der Waals surface area contributed by atoms with E-state index in [0.717, 1.165) is 38.4 Å². The lowest BCUT2D eigenvalue weighted by Crippen LogP contribution is -2.46. The zero-order valence-electron chi connectivity index (χ0n) is 13.5. The van der Waals surface area contributed by atoms with Gasteiger partial charge in [-0.25, -0.2) is 0 Å². The maximum atomic E-state index is 13.0. The molecule has 3 rings (SSSR count). The summed E-state index contributed by atoms with van der Waals surface area (Å²) in [4.78, 5) is 15.3. The summed E-state index contributed by atoms with van der Waals surface area (Å²) >= 11 is 0. The maximum Gasteiger partial charge on any atom is 0.225 e. The maximum absolute atomic E-state index is 13.0. The second-order valence-corrected chi connectivity index (χ2v) is 7.37. The molecule has 1 saturated carbocycles. The quantitative estimate of drug-likeness (QED) is 0.846. The summed E-state index contributed by atoms with van der Waals surface area (Å²) in [5, 5.41) is 3.46. The first-order valence-corrected chi connectivity index (χ1v) is 9.37. The van der Waals surface area contributed by atoms with Crippen LogP contribution >= 0.6 is 0 Å². The molecule has 3 nitrogen and oxygen atoms in total. The van der Waals surface area contributed by atoms with E-state index in [0.29, 0.717) is 17.9 Å². The van der Waals surface area contributed by atoms with E-state index < -0.39 is 0 Å². The number of hydrogen-bond acceptors (Lipinski definition) is 2. The van der Waals surface area contributed by atoms with Gasteiger partial charge in [-0.05, 0) is 57.5 Å². The Kier molecular flexibility index (Phi) is 5.56. The fourth-order valence-electron chi connectivity index (χ4n) is 4.72. The van der Waals surface area contributed by atoms with Gasteiger partial charge in [0, 0.05) is 18.5 Å². The topological polar surface area (TPSA) is 32.3 Å². The molecule has 0 aromatic heterocycles. The van der Waals surface area contributed by atoms with Gasteiger partial charge in [-0.15, -0.1) is 0 Å². The van der Waals surface area contributed by atoms with Crippen LogP contribution < -0.4 is 5.32 Å². The van der Waals surface area contributed by atoms with Crippen LogP contribution in [0.15, 0.2) is 0 Å². The van der Waals surface area contributed by atoms with Gasteiger partial charge in [0.25, 0.3) is 0 Å². The molecule has 1 amide bonds. The van der Waals surface area contributed by atoms with Gasteiger partial charge in [0.05, 0.1) is 0 Å². The van der Waals surface area contributed by atoms with Crippen molar-refractivity contribution in [2.24, 2.45) is 11.8 Å². The highest BCUT2D eigenvalue weighted by Gasteiger charge is 2.37. The molecule has 0 aromatic rings. The van der Waals surface area contributed by atoms with Gasteiger partial charge in [0.2, 0.25) is 5.91 Å². The lowest BCUT2D eigenvalue weighted by atomic mass is 9.86. The zero-order valence-corrected chi connectivity index (χ0v) is 13.5. The Bertz CT molecular complexity index is 330. The summed E-state index contributed by atoms with van der Waals surface area (Å²) in [7, 11) is 0. The highest BCUT2D eigenvalue weighted by Crippen LogP contribution is 2.33. The number of amides is 1. The number of likely N-dealkylation sites (tertiary alicyclic amines) is 1. The van der Waals surface area contributed by atoms with Crippen LogP contribution in [-0.2, 0) is 4.79 Å². The first-order valence-electron chi connectivity index (χ1n) is 9.37. The molecule has 2 heterocycles. The Hall–Kier alpha value is -0.570. The molecule has 0 radical (unpaired) electrons. The minimum absolute atomic E-state index is 0.340. The molecule has 0 spiro atoms. The molecular formula is C18H32N2O. The average Bonchev–Trinajstić information content (AvgIpc) is 2.96. The van der Waals surface area contributed by atoms with E-state index in [1.54, 1.807) is 0 Å². The van der Waals surface area contributed by atoms with Gasteiger partial charge in [0.15, 0.2) is 0 Å². The smallest absolute Gasteiger partial charge is 0.225 e. The Morgan fingerprint density at radius 3 is 2.19 bits per heavy atom.